The van der Waals surface area contributed by atoms with Crippen LogP contribution in [0.15, 0.2) is 12.4 Å². The van der Waals surface area contributed by atoms with Gasteiger partial charge in [0.05, 0.1) is 11.9 Å². The van der Waals surface area contributed by atoms with E-state index in [0.29, 0.717) is 5.88 Å². The molecule has 2 aliphatic rings. The number of hydrogen-bond donors (Lipinski definition) is 0. The van der Waals surface area contributed by atoms with Gasteiger partial charge in [0.2, 0.25) is 5.88 Å². The molecule has 0 N–H and O–H groups in total. The zero-order valence-electron chi connectivity index (χ0n) is 14.3. The van der Waals surface area contributed by atoms with Crippen molar-refractivity contribution in [3.8, 4) is 5.88 Å². The molecule has 1 aliphatic carbocycles. The van der Waals surface area contributed by atoms with Crippen molar-refractivity contribution in [2.24, 2.45) is 0 Å². The molecular weight excluding hydrogens is 302 g/mol. The first kappa shape index (κ1) is 15.3. The third-order valence-corrected chi connectivity index (χ3v) is 4.78. The molecule has 4 rings (SSSR count). The van der Waals surface area contributed by atoms with E-state index in [1.807, 2.05) is 13.8 Å². The van der Waals surface area contributed by atoms with E-state index in [2.05, 4.69) is 19.9 Å². The third-order valence-electron chi connectivity index (χ3n) is 4.78. The molecule has 6 nitrogen and oxygen atoms in total. The van der Waals surface area contributed by atoms with Crippen molar-refractivity contribution in [3.63, 3.8) is 0 Å². The van der Waals surface area contributed by atoms with E-state index in [4.69, 9.17) is 9.72 Å². The van der Waals surface area contributed by atoms with Crippen molar-refractivity contribution in [1.29, 1.82) is 0 Å². The quantitative estimate of drug-likeness (QED) is 0.863. The molecule has 3 heterocycles. The Morgan fingerprint density at radius 3 is 2.67 bits per heavy atom. The molecule has 0 saturated carbocycles. The van der Waals surface area contributed by atoms with Crippen molar-refractivity contribution in [1.82, 2.24) is 19.9 Å². The summed E-state index contributed by atoms with van der Waals surface area (Å²) in [6, 6.07) is 0. The van der Waals surface area contributed by atoms with Crippen LogP contribution in [0.5, 0.6) is 5.88 Å². The van der Waals surface area contributed by atoms with Crippen LogP contribution < -0.4 is 9.64 Å². The number of rotatable bonds is 3. The van der Waals surface area contributed by atoms with Crippen LogP contribution in [-0.2, 0) is 12.8 Å². The van der Waals surface area contributed by atoms with Gasteiger partial charge in [-0.15, -0.1) is 0 Å². The highest BCUT2D eigenvalue weighted by molar-refractivity contribution is 5.51. The number of fused-ring (bicyclic) bond motifs is 1. The van der Waals surface area contributed by atoms with Crippen molar-refractivity contribution >= 4 is 5.82 Å². The smallest absolute Gasteiger partial charge is 0.232 e. The zero-order chi connectivity index (χ0) is 16.5. The fourth-order valence-corrected chi connectivity index (χ4v) is 3.65. The summed E-state index contributed by atoms with van der Waals surface area (Å²) in [4.78, 5) is 20.3. The highest BCUT2D eigenvalue weighted by Crippen LogP contribution is 2.30. The maximum atomic E-state index is 6.00. The Kier molecular flexibility index (Phi) is 4.04. The van der Waals surface area contributed by atoms with Gasteiger partial charge < -0.3 is 9.64 Å². The molecule has 0 unspecified atom stereocenters. The largest absolute Gasteiger partial charge is 0.473 e. The van der Waals surface area contributed by atoms with Crippen molar-refractivity contribution in [2.45, 2.75) is 52.1 Å². The SMILES string of the molecule is Cc1cncc(OC2CCN(c3nc(C)nc4c3CCC4)CC2)n1. The van der Waals surface area contributed by atoms with E-state index >= 15 is 0 Å². The van der Waals surface area contributed by atoms with Crippen molar-refractivity contribution in [3.05, 3.63) is 35.2 Å². The van der Waals surface area contributed by atoms with E-state index < -0.39 is 0 Å². The molecule has 0 bridgehead atoms. The molecule has 0 aromatic carbocycles. The summed E-state index contributed by atoms with van der Waals surface area (Å²) in [6.45, 7) is 5.86. The predicted octanol–water partition coefficient (Wildman–Crippen LogP) is 2.42. The summed E-state index contributed by atoms with van der Waals surface area (Å²) in [5.41, 5.74) is 3.51. The van der Waals surface area contributed by atoms with Crippen LogP contribution in [0.3, 0.4) is 0 Å². The van der Waals surface area contributed by atoms with E-state index in [1.165, 1.54) is 17.7 Å². The average molecular weight is 325 g/mol. The fraction of sp³-hybridized carbons (Fsp3) is 0.556. The highest BCUT2D eigenvalue weighted by atomic mass is 16.5. The number of nitrogens with zero attached hydrogens (tertiary/aromatic N) is 5. The number of hydrogen-bond acceptors (Lipinski definition) is 6. The minimum Gasteiger partial charge on any atom is -0.473 e. The molecule has 1 saturated heterocycles. The van der Waals surface area contributed by atoms with Crippen molar-refractivity contribution in [2.75, 3.05) is 18.0 Å². The first-order valence-corrected chi connectivity index (χ1v) is 8.75. The lowest BCUT2D eigenvalue weighted by Gasteiger charge is -2.33. The van der Waals surface area contributed by atoms with Crippen LogP contribution in [0.2, 0.25) is 0 Å². The molecule has 0 atom stereocenters. The van der Waals surface area contributed by atoms with Crippen molar-refractivity contribution < 1.29 is 4.74 Å². The molecule has 6 heteroatoms. The standard InChI is InChI=1S/C18H23N5O/c1-12-10-19-11-17(20-12)24-14-6-8-23(9-7-14)18-15-4-3-5-16(15)21-13(2)22-18/h10-11,14H,3-9H2,1-2H3. The summed E-state index contributed by atoms with van der Waals surface area (Å²) < 4.78 is 6.00. The van der Waals surface area contributed by atoms with Gasteiger partial charge in [0.1, 0.15) is 17.7 Å². The number of aromatic nitrogens is 4. The van der Waals surface area contributed by atoms with Gasteiger partial charge in [0, 0.05) is 43.4 Å². The minimum absolute atomic E-state index is 0.202. The minimum atomic E-state index is 0.202. The maximum Gasteiger partial charge on any atom is 0.232 e. The Hall–Kier alpha value is -2.24. The first-order chi connectivity index (χ1) is 11.7. The lowest BCUT2D eigenvalue weighted by molar-refractivity contribution is 0.162. The Morgan fingerprint density at radius 1 is 1.04 bits per heavy atom. The van der Waals surface area contributed by atoms with Gasteiger partial charge in [-0.25, -0.2) is 15.0 Å². The van der Waals surface area contributed by atoms with Gasteiger partial charge in [-0.2, -0.15) is 0 Å². The van der Waals surface area contributed by atoms with Crippen LogP contribution in [0, 0.1) is 13.8 Å². The second-order valence-electron chi connectivity index (χ2n) is 6.68. The molecule has 0 spiro atoms. The lowest BCUT2D eigenvalue weighted by atomic mass is 10.1. The molecule has 0 radical (unpaired) electrons. The Balaban J connectivity index is 1.43. The summed E-state index contributed by atoms with van der Waals surface area (Å²) >= 11 is 0. The summed E-state index contributed by atoms with van der Waals surface area (Å²) in [5.74, 6) is 2.68. The van der Waals surface area contributed by atoms with E-state index in [9.17, 15) is 0 Å². The van der Waals surface area contributed by atoms with E-state index in [0.717, 1.165) is 56.1 Å². The van der Waals surface area contributed by atoms with Gasteiger partial charge in [0.15, 0.2) is 0 Å². The number of anilines is 1. The van der Waals surface area contributed by atoms with Crippen LogP contribution in [0.25, 0.3) is 0 Å². The van der Waals surface area contributed by atoms with Crippen LogP contribution in [-0.4, -0.2) is 39.1 Å². The molecule has 1 fully saturated rings. The number of ether oxygens (including phenoxy) is 1. The highest BCUT2D eigenvalue weighted by Gasteiger charge is 2.26. The second-order valence-corrected chi connectivity index (χ2v) is 6.68. The Morgan fingerprint density at radius 2 is 1.88 bits per heavy atom. The van der Waals surface area contributed by atoms with Gasteiger partial charge in [-0.3, -0.25) is 4.98 Å². The molecule has 0 amide bonds. The van der Waals surface area contributed by atoms with Gasteiger partial charge in [-0.1, -0.05) is 0 Å². The van der Waals surface area contributed by atoms with Gasteiger partial charge >= 0.3 is 0 Å². The fourth-order valence-electron chi connectivity index (χ4n) is 3.65. The Labute approximate surface area is 142 Å². The molecule has 2 aromatic rings. The molecule has 24 heavy (non-hydrogen) atoms. The predicted molar refractivity (Wildman–Crippen MR) is 91.4 cm³/mol. The maximum absolute atomic E-state index is 6.00. The average Bonchev–Trinajstić information content (AvgIpc) is 3.03. The number of piperidine rings is 1. The summed E-state index contributed by atoms with van der Waals surface area (Å²) in [6.07, 6.45) is 9.01. The van der Waals surface area contributed by atoms with Crippen LogP contribution in [0.1, 0.15) is 42.0 Å². The first-order valence-electron chi connectivity index (χ1n) is 8.75. The number of aryl methyl sites for hydroxylation is 3. The molecule has 126 valence electrons. The van der Waals surface area contributed by atoms with E-state index in [-0.39, 0.29) is 6.10 Å². The molecule has 2 aromatic heterocycles. The molecule has 1 aliphatic heterocycles. The third kappa shape index (κ3) is 3.05. The summed E-state index contributed by atoms with van der Waals surface area (Å²) in [5, 5.41) is 0. The molecular formula is C18H23N5O. The van der Waals surface area contributed by atoms with Crippen LogP contribution in [0.4, 0.5) is 5.82 Å². The van der Waals surface area contributed by atoms with Crippen LogP contribution >= 0.6 is 0 Å². The monoisotopic (exact) mass is 325 g/mol. The lowest BCUT2D eigenvalue weighted by Crippen LogP contribution is -2.39. The Bertz CT molecular complexity index is 740. The summed E-state index contributed by atoms with van der Waals surface area (Å²) in [7, 11) is 0. The van der Waals surface area contributed by atoms with Gasteiger partial charge in [0.25, 0.3) is 0 Å². The van der Waals surface area contributed by atoms with E-state index in [1.54, 1.807) is 12.4 Å². The van der Waals surface area contributed by atoms with Gasteiger partial charge in [-0.05, 0) is 33.1 Å². The zero-order valence-corrected chi connectivity index (χ0v) is 14.3. The second kappa shape index (κ2) is 6.34. The normalized spacial score (nSPS) is 17.8. The topological polar surface area (TPSA) is 64.0 Å².